The van der Waals surface area contributed by atoms with Crippen molar-refractivity contribution >= 4 is 0 Å². The van der Waals surface area contributed by atoms with E-state index in [0.29, 0.717) is 0 Å². The van der Waals surface area contributed by atoms with Crippen molar-refractivity contribution in [3.63, 3.8) is 0 Å². The Labute approximate surface area is 85.5 Å². The Morgan fingerprint density at radius 2 is 2.43 bits per heavy atom. The normalized spacial score (nSPS) is 16.9. The highest BCUT2D eigenvalue weighted by atomic mass is 15.1. The van der Waals surface area contributed by atoms with Gasteiger partial charge in [-0.2, -0.15) is 0 Å². The van der Waals surface area contributed by atoms with Gasteiger partial charge in [-0.15, -0.1) is 0 Å². The average molecular weight is 193 g/mol. The zero-order valence-corrected chi connectivity index (χ0v) is 8.87. The second-order valence-corrected chi connectivity index (χ2v) is 4.11. The van der Waals surface area contributed by atoms with Gasteiger partial charge < -0.3 is 9.88 Å². The SMILES string of the molecule is CCNCc1cncn1CC1CCC1. The van der Waals surface area contributed by atoms with Crippen LogP contribution in [0.3, 0.4) is 0 Å². The third-order valence-electron chi connectivity index (χ3n) is 3.03. The van der Waals surface area contributed by atoms with E-state index in [9.17, 15) is 0 Å². The molecule has 0 unspecified atom stereocenters. The van der Waals surface area contributed by atoms with Crippen molar-refractivity contribution in [2.24, 2.45) is 5.92 Å². The molecule has 0 aromatic carbocycles. The van der Waals surface area contributed by atoms with E-state index in [4.69, 9.17) is 0 Å². The zero-order chi connectivity index (χ0) is 9.80. The van der Waals surface area contributed by atoms with E-state index < -0.39 is 0 Å². The Balaban J connectivity index is 1.90. The lowest BCUT2D eigenvalue weighted by atomic mass is 9.85. The fourth-order valence-electron chi connectivity index (χ4n) is 1.87. The zero-order valence-electron chi connectivity index (χ0n) is 8.87. The highest BCUT2D eigenvalue weighted by molar-refractivity contribution is 4.98. The minimum Gasteiger partial charge on any atom is -0.333 e. The largest absolute Gasteiger partial charge is 0.333 e. The molecule has 0 spiro atoms. The number of nitrogens with zero attached hydrogens (tertiary/aromatic N) is 2. The predicted molar refractivity (Wildman–Crippen MR) is 56.9 cm³/mol. The van der Waals surface area contributed by atoms with Crippen molar-refractivity contribution in [1.29, 1.82) is 0 Å². The van der Waals surface area contributed by atoms with Crippen molar-refractivity contribution in [2.75, 3.05) is 6.54 Å². The molecule has 1 fully saturated rings. The lowest BCUT2D eigenvalue weighted by molar-refractivity contribution is 0.273. The van der Waals surface area contributed by atoms with Crippen LogP contribution in [0.5, 0.6) is 0 Å². The van der Waals surface area contributed by atoms with Crippen molar-refractivity contribution in [3.05, 3.63) is 18.2 Å². The maximum atomic E-state index is 4.21. The van der Waals surface area contributed by atoms with Crippen LogP contribution in [0.15, 0.2) is 12.5 Å². The Morgan fingerprint density at radius 3 is 3.07 bits per heavy atom. The van der Waals surface area contributed by atoms with Gasteiger partial charge in [0.2, 0.25) is 0 Å². The molecule has 0 radical (unpaired) electrons. The van der Waals surface area contributed by atoms with Crippen LogP contribution in [-0.4, -0.2) is 16.1 Å². The molecule has 1 N–H and O–H groups in total. The molecule has 3 heteroatoms. The Hall–Kier alpha value is -0.830. The maximum Gasteiger partial charge on any atom is 0.0948 e. The summed E-state index contributed by atoms with van der Waals surface area (Å²) in [4.78, 5) is 4.21. The van der Waals surface area contributed by atoms with Gasteiger partial charge >= 0.3 is 0 Å². The lowest BCUT2D eigenvalue weighted by Gasteiger charge is -2.26. The monoisotopic (exact) mass is 193 g/mol. The number of rotatable bonds is 5. The predicted octanol–water partition coefficient (Wildman–Crippen LogP) is 1.79. The number of nitrogens with one attached hydrogen (secondary N) is 1. The van der Waals surface area contributed by atoms with Crippen LogP contribution in [0.25, 0.3) is 0 Å². The molecule has 0 amide bonds. The van der Waals surface area contributed by atoms with Crippen molar-refractivity contribution in [3.8, 4) is 0 Å². The van der Waals surface area contributed by atoms with Crippen LogP contribution < -0.4 is 5.32 Å². The summed E-state index contributed by atoms with van der Waals surface area (Å²) in [5.41, 5.74) is 1.32. The van der Waals surface area contributed by atoms with Crippen molar-refractivity contribution in [2.45, 2.75) is 39.3 Å². The maximum absolute atomic E-state index is 4.21. The number of hydrogen-bond acceptors (Lipinski definition) is 2. The molecule has 1 aliphatic carbocycles. The van der Waals surface area contributed by atoms with E-state index in [1.165, 1.54) is 31.5 Å². The minimum atomic E-state index is 0.907. The molecule has 78 valence electrons. The fourth-order valence-corrected chi connectivity index (χ4v) is 1.87. The second kappa shape index (κ2) is 4.60. The molecule has 1 heterocycles. The van der Waals surface area contributed by atoms with Gasteiger partial charge in [0, 0.05) is 19.3 Å². The Bertz CT molecular complexity index is 276. The van der Waals surface area contributed by atoms with E-state index >= 15 is 0 Å². The second-order valence-electron chi connectivity index (χ2n) is 4.11. The van der Waals surface area contributed by atoms with Crippen LogP contribution in [0.4, 0.5) is 0 Å². The molecule has 14 heavy (non-hydrogen) atoms. The summed E-state index contributed by atoms with van der Waals surface area (Å²) in [7, 11) is 0. The molecule has 0 atom stereocenters. The highest BCUT2D eigenvalue weighted by Gasteiger charge is 2.18. The van der Waals surface area contributed by atoms with Crippen LogP contribution in [-0.2, 0) is 13.1 Å². The number of aromatic nitrogens is 2. The van der Waals surface area contributed by atoms with Crippen LogP contribution in [0.2, 0.25) is 0 Å². The molecule has 1 aliphatic rings. The van der Waals surface area contributed by atoms with Gasteiger partial charge in [0.25, 0.3) is 0 Å². The summed E-state index contributed by atoms with van der Waals surface area (Å²) in [6.45, 7) is 5.27. The number of imidazole rings is 1. The first-order valence-corrected chi connectivity index (χ1v) is 5.60. The van der Waals surface area contributed by atoms with Crippen LogP contribution in [0, 0.1) is 5.92 Å². The summed E-state index contributed by atoms with van der Waals surface area (Å²) in [6.07, 6.45) is 8.16. The van der Waals surface area contributed by atoms with Crippen LogP contribution in [0.1, 0.15) is 31.9 Å². The van der Waals surface area contributed by atoms with Crippen molar-refractivity contribution < 1.29 is 0 Å². The minimum absolute atomic E-state index is 0.907. The summed E-state index contributed by atoms with van der Waals surface area (Å²) >= 11 is 0. The topological polar surface area (TPSA) is 29.9 Å². The Kier molecular flexibility index (Phi) is 3.19. The van der Waals surface area contributed by atoms with E-state index in [-0.39, 0.29) is 0 Å². The summed E-state index contributed by atoms with van der Waals surface area (Å²) in [5, 5.41) is 3.34. The van der Waals surface area contributed by atoms with E-state index in [1.54, 1.807) is 0 Å². The first-order valence-electron chi connectivity index (χ1n) is 5.60. The standard InChI is InChI=1S/C11H19N3/c1-2-12-6-11-7-13-9-14(11)8-10-4-3-5-10/h7,9-10,12H,2-6,8H2,1H3. The average Bonchev–Trinajstić information content (AvgIpc) is 2.55. The number of hydrogen-bond donors (Lipinski definition) is 1. The summed E-state index contributed by atoms with van der Waals surface area (Å²) in [5.74, 6) is 0.907. The van der Waals surface area contributed by atoms with Gasteiger partial charge in [-0.1, -0.05) is 13.3 Å². The molecule has 1 aromatic rings. The van der Waals surface area contributed by atoms with E-state index in [1.807, 2.05) is 12.5 Å². The van der Waals surface area contributed by atoms with Gasteiger partial charge in [0.05, 0.1) is 12.0 Å². The first kappa shape index (κ1) is 9.71. The third kappa shape index (κ3) is 2.15. The molecular weight excluding hydrogens is 174 g/mol. The highest BCUT2D eigenvalue weighted by Crippen LogP contribution is 2.28. The molecule has 0 aliphatic heterocycles. The smallest absolute Gasteiger partial charge is 0.0948 e. The van der Waals surface area contributed by atoms with Gasteiger partial charge in [-0.25, -0.2) is 4.98 Å². The van der Waals surface area contributed by atoms with Crippen LogP contribution >= 0.6 is 0 Å². The van der Waals surface area contributed by atoms with Gasteiger partial charge in [0.1, 0.15) is 0 Å². The molecule has 0 saturated heterocycles. The molecular formula is C11H19N3. The fraction of sp³-hybridized carbons (Fsp3) is 0.727. The molecule has 3 nitrogen and oxygen atoms in total. The third-order valence-corrected chi connectivity index (χ3v) is 3.03. The van der Waals surface area contributed by atoms with E-state index in [2.05, 4.69) is 21.8 Å². The quantitative estimate of drug-likeness (QED) is 0.772. The molecule has 2 rings (SSSR count). The van der Waals surface area contributed by atoms with Crippen molar-refractivity contribution in [1.82, 2.24) is 14.9 Å². The van der Waals surface area contributed by atoms with Gasteiger partial charge in [-0.05, 0) is 25.3 Å². The first-order chi connectivity index (χ1) is 6.90. The summed E-state index contributed by atoms with van der Waals surface area (Å²) < 4.78 is 2.30. The molecule has 0 bridgehead atoms. The Morgan fingerprint density at radius 1 is 1.57 bits per heavy atom. The van der Waals surface area contributed by atoms with E-state index in [0.717, 1.165) is 19.0 Å². The molecule has 1 aromatic heterocycles. The molecule has 1 saturated carbocycles. The lowest BCUT2D eigenvalue weighted by Crippen LogP contribution is -2.21. The van der Waals surface area contributed by atoms with Gasteiger partial charge in [0.15, 0.2) is 0 Å². The van der Waals surface area contributed by atoms with Gasteiger partial charge in [-0.3, -0.25) is 0 Å². The summed E-state index contributed by atoms with van der Waals surface area (Å²) in [6, 6.07) is 0.